The molecule has 0 fully saturated rings. The van der Waals surface area contributed by atoms with Crippen LogP contribution in [0.1, 0.15) is 39.7 Å². The van der Waals surface area contributed by atoms with E-state index in [0.29, 0.717) is 5.71 Å². The Kier molecular flexibility index (Phi) is 8.67. The minimum atomic E-state index is 0.593. The summed E-state index contributed by atoms with van der Waals surface area (Å²) in [6, 6.07) is 9.83. The maximum atomic E-state index is 8.07. The van der Waals surface area contributed by atoms with Crippen LogP contribution in [0.25, 0.3) is 0 Å². The second-order valence-electron chi connectivity index (χ2n) is 3.31. The topological polar surface area (TPSA) is 23.9 Å². The van der Waals surface area contributed by atoms with Crippen molar-refractivity contribution < 1.29 is 0 Å². The van der Waals surface area contributed by atoms with E-state index in [0.717, 1.165) is 17.6 Å². The first-order valence-corrected chi connectivity index (χ1v) is 6.26. The molecule has 0 amide bonds. The van der Waals surface area contributed by atoms with Crippen LogP contribution >= 0.6 is 0 Å². The zero-order valence-corrected chi connectivity index (χ0v) is 11.3. The summed E-state index contributed by atoms with van der Waals surface area (Å²) in [5.74, 6) is 0. The molecule has 0 aliphatic heterocycles. The van der Waals surface area contributed by atoms with Crippen LogP contribution in [0.4, 0.5) is 0 Å². The predicted octanol–water partition coefficient (Wildman–Crippen LogP) is 4.99. The van der Waals surface area contributed by atoms with Crippen molar-refractivity contribution >= 4 is 5.71 Å². The quantitative estimate of drug-likeness (QED) is 0.555. The van der Waals surface area contributed by atoms with Crippen LogP contribution in [-0.2, 0) is 0 Å². The molecule has 0 aromatic heterocycles. The van der Waals surface area contributed by atoms with Gasteiger partial charge in [-0.25, -0.2) is 0 Å². The minimum absolute atomic E-state index is 0.593. The van der Waals surface area contributed by atoms with Crippen molar-refractivity contribution in [2.45, 2.75) is 34.1 Å². The molecule has 0 heterocycles. The molecule has 0 atom stereocenters. The largest absolute Gasteiger partial charge is 0.300 e. The van der Waals surface area contributed by atoms with Crippen molar-refractivity contribution in [1.29, 1.82) is 5.41 Å². The Balaban J connectivity index is 0.00000121. The van der Waals surface area contributed by atoms with Crippen molar-refractivity contribution in [1.82, 2.24) is 0 Å². The number of hydrogen-bond acceptors (Lipinski definition) is 1. The van der Waals surface area contributed by atoms with Crippen LogP contribution < -0.4 is 0 Å². The lowest BCUT2D eigenvalue weighted by Gasteiger charge is -2.04. The molecule has 1 heteroatoms. The predicted molar refractivity (Wildman–Crippen MR) is 77.8 cm³/mol. The second kappa shape index (κ2) is 9.59. The van der Waals surface area contributed by atoms with Gasteiger partial charge in [-0.3, -0.25) is 5.41 Å². The van der Waals surface area contributed by atoms with E-state index in [4.69, 9.17) is 5.41 Å². The molecule has 92 valence electrons. The molecule has 1 rings (SSSR count). The molecular weight excluding hydrogens is 206 g/mol. The van der Waals surface area contributed by atoms with E-state index in [1.54, 1.807) is 0 Å². The van der Waals surface area contributed by atoms with Gasteiger partial charge in [0.15, 0.2) is 0 Å². The van der Waals surface area contributed by atoms with E-state index < -0.39 is 0 Å². The fourth-order valence-corrected chi connectivity index (χ4v) is 1.42. The fraction of sp³-hybridized carbons (Fsp3) is 0.312. The average molecular weight is 229 g/mol. The van der Waals surface area contributed by atoms with Crippen LogP contribution in [0.3, 0.4) is 0 Å². The van der Waals surface area contributed by atoms with Gasteiger partial charge in [-0.2, -0.15) is 0 Å². The Bertz CT molecular complexity index is 372. The molecule has 17 heavy (non-hydrogen) atoms. The summed E-state index contributed by atoms with van der Waals surface area (Å²) in [7, 11) is 0. The third-order valence-electron chi connectivity index (χ3n) is 2.12. The van der Waals surface area contributed by atoms with Gasteiger partial charge in [-0.15, -0.1) is 0 Å². The monoisotopic (exact) mass is 229 g/mol. The Morgan fingerprint density at radius 2 is 1.76 bits per heavy atom. The third kappa shape index (κ3) is 5.30. The van der Waals surface area contributed by atoms with E-state index in [1.807, 2.05) is 63.3 Å². The molecule has 0 saturated heterocycles. The zero-order valence-electron chi connectivity index (χ0n) is 11.3. The van der Waals surface area contributed by atoms with Crippen LogP contribution in [0, 0.1) is 5.41 Å². The molecule has 1 N–H and O–H groups in total. The number of benzene rings is 1. The first kappa shape index (κ1) is 15.4. The van der Waals surface area contributed by atoms with Crippen molar-refractivity contribution in [3.05, 3.63) is 59.7 Å². The number of nitrogens with one attached hydrogen (secondary N) is 1. The van der Waals surface area contributed by atoms with Crippen molar-refractivity contribution in [2.75, 3.05) is 0 Å². The molecule has 0 bridgehead atoms. The van der Waals surface area contributed by atoms with Gasteiger partial charge in [-0.1, -0.05) is 69.3 Å². The third-order valence-corrected chi connectivity index (χ3v) is 2.12. The van der Waals surface area contributed by atoms with Gasteiger partial charge in [0.25, 0.3) is 0 Å². The standard InChI is InChI=1S/C14H17N.C2H6/c1-3-8-12(9-4-2)14(15)13-10-6-5-7-11-13;1-2/h3,5-11,15H,4H2,1-2H3;1-2H3/b8-3-,12-9+,15-14?;. The summed E-state index contributed by atoms with van der Waals surface area (Å²) < 4.78 is 0. The Morgan fingerprint density at radius 1 is 1.18 bits per heavy atom. The van der Waals surface area contributed by atoms with E-state index in [-0.39, 0.29) is 0 Å². The average Bonchev–Trinajstić information content (AvgIpc) is 2.41. The van der Waals surface area contributed by atoms with Gasteiger partial charge in [0.05, 0.1) is 5.71 Å². The lowest BCUT2D eigenvalue weighted by atomic mass is 10.0. The summed E-state index contributed by atoms with van der Waals surface area (Å²) >= 11 is 0. The van der Waals surface area contributed by atoms with Crippen LogP contribution in [0.15, 0.2) is 54.1 Å². The molecule has 0 radical (unpaired) electrons. The maximum absolute atomic E-state index is 8.07. The highest BCUT2D eigenvalue weighted by atomic mass is 14.4. The number of hydrogen-bond donors (Lipinski definition) is 1. The normalized spacial score (nSPS) is 10.9. The summed E-state index contributed by atoms with van der Waals surface area (Å²) in [5.41, 5.74) is 2.55. The summed E-state index contributed by atoms with van der Waals surface area (Å²) in [4.78, 5) is 0. The van der Waals surface area contributed by atoms with Crippen LogP contribution in [0.2, 0.25) is 0 Å². The molecule has 1 nitrogen and oxygen atoms in total. The van der Waals surface area contributed by atoms with Gasteiger partial charge in [0, 0.05) is 0 Å². The highest BCUT2D eigenvalue weighted by molar-refractivity contribution is 6.12. The first-order chi connectivity index (χ1) is 8.29. The van der Waals surface area contributed by atoms with Crippen LogP contribution in [0.5, 0.6) is 0 Å². The summed E-state index contributed by atoms with van der Waals surface area (Å²) in [5, 5.41) is 8.07. The van der Waals surface area contributed by atoms with Crippen molar-refractivity contribution in [3.8, 4) is 0 Å². The first-order valence-electron chi connectivity index (χ1n) is 6.26. The van der Waals surface area contributed by atoms with E-state index >= 15 is 0 Å². The SMILES string of the molecule is C/C=C\C(=C/CC)C(=N)c1ccccc1.CC. The second-order valence-corrected chi connectivity index (χ2v) is 3.31. The lowest BCUT2D eigenvalue weighted by Crippen LogP contribution is -2.01. The van der Waals surface area contributed by atoms with E-state index in [2.05, 4.69) is 13.0 Å². The Hall–Kier alpha value is -1.63. The molecule has 1 aromatic carbocycles. The van der Waals surface area contributed by atoms with Gasteiger partial charge >= 0.3 is 0 Å². The summed E-state index contributed by atoms with van der Waals surface area (Å²) in [6.45, 7) is 8.06. The maximum Gasteiger partial charge on any atom is 0.0681 e. The zero-order chi connectivity index (χ0) is 13.1. The van der Waals surface area contributed by atoms with Crippen molar-refractivity contribution in [2.24, 2.45) is 0 Å². The molecule has 0 spiro atoms. The molecule has 0 saturated carbocycles. The Morgan fingerprint density at radius 3 is 2.24 bits per heavy atom. The fourth-order valence-electron chi connectivity index (χ4n) is 1.42. The molecular formula is C16H23N. The summed E-state index contributed by atoms with van der Waals surface area (Å²) in [6.07, 6.45) is 6.99. The molecule has 0 unspecified atom stereocenters. The van der Waals surface area contributed by atoms with E-state index in [9.17, 15) is 0 Å². The Labute approximate surface area is 105 Å². The van der Waals surface area contributed by atoms with E-state index in [1.165, 1.54) is 0 Å². The van der Waals surface area contributed by atoms with Gasteiger partial charge in [-0.05, 0) is 24.5 Å². The molecule has 0 aliphatic rings. The van der Waals surface area contributed by atoms with Crippen LogP contribution in [-0.4, -0.2) is 5.71 Å². The van der Waals surface area contributed by atoms with Gasteiger partial charge in [0.1, 0.15) is 0 Å². The lowest BCUT2D eigenvalue weighted by molar-refractivity contribution is 1.21. The number of allylic oxidation sites excluding steroid dienone is 4. The number of rotatable bonds is 4. The molecule has 1 aromatic rings. The highest BCUT2D eigenvalue weighted by Gasteiger charge is 2.03. The minimum Gasteiger partial charge on any atom is -0.300 e. The van der Waals surface area contributed by atoms with Gasteiger partial charge < -0.3 is 0 Å². The smallest absolute Gasteiger partial charge is 0.0681 e. The van der Waals surface area contributed by atoms with Crippen molar-refractivity contribution in [3.63, 3.8) is 0 Å². The van der Waals surface area contributed by atoms with Gasteiger partial charge in [0.2, 0.25) is 0 Å². The highest BCUT2D eigenvalue weighted by Crippen LogP contribution is 2.10. The molecule has 0 aliphatic carbocycles.